The lowest BCUT2D eigenvalue weighted by atomic mass is 9.48. The fourth-order valence-corrected chi connectivity index (χ4v) is 7.03. The van der Waals surface area contributed by atoms with Gasteiger partial charge < -0.3 is 15.3 Å². The lowest BCUT2D eigenvalue weighted by Crippen LogP contribution is -2.63. The van der Waals surface area contributed by atoms with Crippen LogP contribution in [0.1, 0.15) is 87.4 Å². The maximum absolute atomic E-state index is 14.2. The molecule has 1 aromatic carbocycles. The van der Waals surface area contributed by atoms with Gasteiger partial charge in [0.05, 0.1) is 23.2 Å². The zero-order valence-corrected chi connectivity index (χ0v) is 23.5. The Morgan fingerprint density at radius 2 is 1.79 bits per heavy atom. The van der Waals surface area contributed by atoms with Crippen LogP contribution < -0.4 is 0 Å². The summed E-state index contributed by atoms with van der Waals surface area (Å²) in [7, 11) is 3.76. The Morgan fingerprint density at radius 3 is 2.34 bits per heavy atom. The molecule has 202 valence electrons. The third-order valence-electron chi connectivity index (χ3n) is 8.53. The number of hydrogen-bond donors (Lipinski definition) is 3. The van der Waals surface area contributed by atoms with Gasteiger partial charge >= 0.3 is 0 Å². The quantitative estimate of drug-likeness (QED) is 0.408. The van der Waals surface area contributed by atoms with Gasteiger partial charge in [-0.25, -0.2) is 0 Å². The number of rotatable bonds is 3. The van der Waals surface area contributed by atoms with Crippen molar-refractivity contribution in [3.63, 3.8) is 0 Å². The van der Waals surface area contributed by atoms with Crippen LogP contribution in [0.3, 0.4) is 0 Å². The number of phenols is 1. The van der Waals surface area contributed by atoms with Crippen LogP contribution in [0.5, 0.6) is 5.75 Å². The molecule has 7 heteroatoms. The second-order valence-corrected chi connectivity index (χ2v) is 12.4. The number of aliphatic hydroxyl groups excluding tert-OH is 1. The van der Waals surface area contributed by atoms with E-state index in [4.69, 9.17) is 0 Å². The molecule has 3 atom stereocenters. The molecule has 0 spiro atoms. The molecule has 7 nitrogen and oxygen atoms in total. The van der Waals surface area contributed by atoms with Crippen LogP contribution in [0.15, 0.2) is 28.5 Å². The van der Waals surface area contributed by atoms with Gasteiger partial charge in [0.25, 0.3) is 0 Å². The van der Waals surface area contributed by atoms with E-state index in [9.17, 15) is 29.7 Å². The van der Waals surface area contributed by atoms with E-state index in [1.54, 1.807) is 13.8 Å². The number of carbonyl (C=O) groups excluding carboxylic acids is 3. The number of fused-ring (bicyclic) bond motifs is 3. The molecular formula is C31H37NO6. The average Bonchev–Trinajstić information content (AvgIpc) is 2.76. The van der Waals surface area contributed by atoms with E-state index < -0.39 is 39.5 Å². The first kappa shape index (κ1) is 27.8. The average molecular weight is 520 g/mol. The van der Waals surface area contributed by atoms with Crippen LogP contribution in [0.2, 0.25) is 0 Å². The first-order valence-electron chi connectivity index (χ1n) is 13.0. The predicted octanol–water partition coefficient (Wildman–Crippen LogP) is 4.01. The van der Waals surface area contributed by atoms with E-state index in [0.29, 0.717) is 29.7 Å². The molecule has 1 aromatic rings. The van der Waals surface area contributed by atoms with E-state index >= 15 is 0 Å². The van der Waals surface area contributed by atoms with Crippen LogP contribution in [0.25, 0.3) is 0 Å². The van der Waals surface area contributed by atoms with Gasteiger partial charge in [-0.15, -0.1) is 0 Å². The van der Waals surface area contributed by atoms with Gasteiger partial charge in [0.1, 0.15) is 11.5 Å². The van der Waals surface area contributed by atoms with Gasteiger partial charge in [-0.1, -0.05) is 45.1 Å². The molecule has 0 saturated heterocycles. The summed E-state index contributed by atoms with van der Waals surface area (Å²) in [4.78, 5) is 42.0. The van der Waals surface area contributed by atoms with Gasteiger partial charge in [-0.05, 0) is 70.3 Å². The Balaban J connectivity index is 2.00. The van der Waals surface area contributed by atoms with Crippen LogP contribution >= 0.6 is 0 Å². The van der Waals surface area contributed by atoms with Crippen LogP contribution in [-0.4, -0.2) is 63.8 Å². The molecule has 0 radical (unpaired) electrons. The van der Waals surface area contributed by atoms with E-state index in [1.807, 2.05) is 45.8 Å². The van der Waals surface area contributed by atoms with Gasteiger partial charge in [0.2, 0.25) is 5.78 Å². The van der Waals surface area contributed by atoms with Crippen molar-refractivity contribution in [2.24, 2.45) is 10.8 Å². The van der Waals surface area contributed by atoms with Crippen molar-refractivity contribution in [1.29, 1.82) is 0 Å². The van der Waals surface area contributed by atoms with Crippen molar-refractivity contribution < 1.29 is 29.7 Å². The molecule has 0 heterocycles. The minimum absolute atomic E-state index is 0.0324. The standard InChI is InChI=1S/C31H37NO6/c1-16(2)20-12-19(10-9-11-32(7)8)25(34)23-21(20)14-29(5)15-30(6)13-17(3)22(18(4)33)27(36)31(30,38)28(37)24(29)26(23)35/h12,16,34,37-38H,11,13-15H2,1-8H3/t29-,30+,31+/m1/s1. The monoisotopic (exact) mass is 519 g/mol. The second-order valence-electron chi connectivity index (χ2n) is 12.4. The number of hydrogen-bond acceptors (Lipinski definition) is 7. The van der Waals surface area contributed by atoms with Crippen LogP contribution in [0.4, 0.5) is 0 Å². The topological polar surface area (TPSA) is 115 Å². The minimum Gasteiger partial charge on any atom is -0.508 e. The highest BCUT2D eigenvalue weighted by Crippen LogP contribution is 2.62. The molecule has 3 N–H and O–H groups in total. The van der Waals surface area contributed by atoms with Crippen LogP contribution in [-0.2, 0) is 16.0 Å². The van der Waals surface area contributed by atoms with Crippen molar-refractivity contribution in [3.8, 4) is 17.6 Å². The van der Waals surface area contributed by atoms with Crippen molar-refractivity contribution in [2.45, 2.75) is 72.3 Å². The van der Waals surface area contributed by atoms with Gasteiger partial charge in [-0.3, -0.25) is 19.3 Å². The molecule has 3 aliphatic rings. The van der Waals surface area contributed by atoms with E-state index in [-0.39, 0.29) is 41.2 Å². The molecule has 0 aliphatic heterocycles. The zero-order valence-electron chi connectivity index (χ0n) is 23.5. The SMILES string of the molecule is CC(=O)C1=C(C)C[C@@]2(C)C[C@@]3(C)Cc4c(C(C)C)cc(C#CCN(C)C)c(O)c4C(=O)C3=C(O)[C@@]2(O)C1=O. The van der Waals surface area contributed by atoms with Crippen molar-refractivity contribution in [2.75, 3.05) is 20.6 Å². The van der Waals surface area contributed by atoms with Crippen molar-refractivity contribution in [3.05, 3.63) is 50.8 Å². The van der Waals surface area contributed by atoms with Crippen molar-refractivity contribution in [1.82, 2.24) is 4.90 Å². The number of carbonyl (C=O) groups is 3. The summed E-state index contributed by atoms with van der Waals surface area (Å²) in [5.74, 6) is 3.03. The normalized spacial score (nSPS) is 28.7. The highest BCUT2D eigenvalue weighted by Gasteiger charge is 2.67. The lowest BCUT2D eigenvalue weighted by Gasteiger charge is -2.56. The number of aromatic hydroxyl groups is 1. The Morgan fingerprint density at radius 1 is 1.16 bits per heavy atom. The number of Topliss-reactive ketones (excluding diaryl/α,β-unsaturated/α-hetero) is 3. The van der Waals surface area contributed by atoms with Gasteiger partial charge in [0.15, 0.2) is 17.2 Å². The molecule has 0 amide bonds. The Bertz CT molecular complexity index is 1420. The number of benzene rings is 1. The van der Waals surface area contributed by atoms with E-state index in [2.05, 4.69) is 11.8 Å². The Hall–Kier alpha value is -3.21. The van der Waals surface area contributed by atoms with E-state index in [0.717, 1.165) is 5.56 Å². The summed E-state index contributed by atoms with van der Waals surface area (Å²) < 4.78 is 0. The third kappa shape index (κ3) is 3.77. The third-order valence-corrected chi connectivity index (χ3v) is 8.53. The molecule has 0 bridgehead atoms. The minimum atomic E-state index is -2.42. The second kappa shape index (κ2) is 8.93. The van der Waals surface area contributed by atoms with Gasteiger partial charge in [0, 0.05) is 16.4 Å². The number of allylic oxidation sites excluding steroid dienone is 2. The van der Waals surface area contributed by atoms with Gasteiger partial charge in [-0.2, -0.15) is 0 Å². The summed E-state index contributed by atoms with van der Waals surface area (Å²) >= 11 is 0. The lowest BCUT2D eigenvalue weighted by molar-refractivity contribution is -0.157. The number of aliphatic hydroxyl groups is 2. The highest BCUT2D eigenvalue weighted by atomic mass is 16.3. The highest BCUT2D eigenvalue weighted by molar-refractivity contribution is 6.25. The summed E-state index contributed by atoms with van der Waals surface area (Å²) in [6, 6.07) is 1.84. The largest absolute Gasteiger partial charge is 0.508 e. The fraction of sp³-hybridized carbons (Fsp3) is 0.516. The van der Waals surface area contributed by atoms with E-state index in [1.165, 1.54) is 6.92 Å². The molecular weight excluding hydrogens is 482 g/mol. The summed E-state index contributed by atoms with van der Waals surface area (Å²) in [6.45, 7) is 11.0. The Labute approximate surface area is 224 Å². The maximum Gasteiger partial charge on any atom is 0.206 e. The smallest absolute Gasteiger partial charge is 0.206 e. The number of nitrogens with zero attached hydrogens (tertiary/aromatic N) is 1. The molecule has 38 heavy (non-hydrogen) atoms. The molecule has 3 aliphatic carbocycles. The summed E-state index contributed by atoms with van der Waals surface area (Å²) in [5, 5.41) is 34.8. The first-order chi connectivity index (χ1) is 17.5. The Kier molecular flexibility index (Phi) is 6.54. The molecule has 0 aromatic heterocycles. The van der Waals surface area contributed by atoms with Crippen LogP contribution in [0, 0.1) is 22.7 Å². The molecule has 4 rings (SSSR count). The summed E-state index contributed by atoms with van der Waals surface area (Å²) in [5.41, 5.74) is -2.14. The summed E-state index contributed by atoms with van der Waals surface area (Å²) in [6.07, 6.45) is 0.793. The number of ketones is 3. The molecule has 0 fully saturated rings. The molecule has 0 saturated carbocycles. The fourth-order valence-electron chi connectivity index (χ4n) is 7.03. The van der Waals surface area contributed by atoms with Crippen molar-refractivity contribution >= 4 is 17.3 Å². The number of phenolic OH excluding ortho intramolecular Hbond substituents is 1. The zero-order chi connectivity index (χ0) is 28.5. The maximum atomic E-state index is 14.2. The molecule has 0 unspecified atom stereocenters. The predicted molar refractivity (Wildman–Crippen MR) is 144 cm³/mol. The first-order valence-corrected chi connectivity index (χ1v) is 13.0.